The van der Waals surface area contributed by atoms with Gasteiger partial charge in [0.2, 0.25) is 0 Å². The largest absolute Gasteiger partial charge is 0.306 e. The molecule has 0 aromatic heterocycles. The van der Waals surface area contributed by atoms with E-state index in [1.807, 2.05) is 0 Å². The molecule has 11 heavy (non-hydrogen) atoms. The summed E-state index contributed by atoms with van der Waals surface area (Å²) in [4.78, 5) is 2.22. The molecule has 0 aromatic rings. The van der Waals surface area contributed by atoms with Gasteiger partial charge in [-0.15, -0.1) is 0 Å². The summed E-state index contributed by atoms with van der Waals surface area (Å²) in [5.74, 6) is 5.36. The highest BCUT2D eigenvalue weighted by atomic mass is 32.2. The van der Waals surface area contributed by atoms with Crippen LogP contribution in [-0.2, 0) is 9.52 Å². The van der Waals surface area contributed by atoms with Crippen LogP contribution in [0.4, 0.5) is 0 Å². The van der Waals surface area contributed by atoms with E-state index in [9.17, 15) is 4.21 Å². The number of nitrogens with zero attached hydrogens (tertiary/aromatic N) is 1. The SMILES string of the molecule is C=S1(=O)CCC(N(C)C)CC1. The van der Waals surface area contributed by atoms with Gasteiger partial charge in [-0.3, -0.25) is 4.21 Å². The first-order valence-corrected chi connectivity index (χ1v) is 6.07. The van der Waals surface area contributed by atoms with Gasteiger partial charge in [0.15, 0.2) is 0 Å². The Bertz CT molecular complexity index is 204. The topological polar surface area (TPSA) is 20.3 Å². The van der Waals surface area contributed by atoms with Crippen molar-refractivity contribution in [1.29, 1.82) is 0 Å². The van der Waals surface area contributed by atoms with Crippen LogP contribution in [0.5, 0.6) is 0 Å². The summed E-state index contributed by atoms with van der Waals surface area (Å²) < 4.78 is 11.4. The Morgan fingerprint density at radius 2 is 1.82 bits per heavy atom. The van der Waals surface area contributed by atoms with Crippen molar-refractivity contribution in [3.8, 4) is 0 Å². The van der Waals surface area contributed by atoms with Crippen LogP contribution >= 0.6 is 0 Å². The van der Waals surface area contributed by atoms with E-state index in [1.54, 1.807) is 0 Å². The predicted octanol–water partition coefficient (Wildman–Crippen LogP) is 0.427. The predicted molar refractivity (Wildman–Crippen MR) is 51.7 cm³/mol. The standard InChI is InChI=1S/C8H17NOS/c1-9(2)8-4-6-11(3,10)7-5-8/h8H,3-7H2,1-2H3. The van der Waals surface area contributed by atoms with Gasteiger partial charge in [-0.2, -0.15) is 0 Å². The van der Waals surface area contributed by atoms with Crippen LogP contribution in [0.2, 0.25) is 0 Å². The van der Waals surface area contributed by atoms with Crippen molar-refractivity contribution in [2.75, 3.05) is 25.6 Å². The average Bonchev–Trinajstić information content (AvgIpc) is 1.86. The fraction of sp³-hybridized carbons (Fsp3) is 0.875. The third kappa shape index (κ3) is 2.49. The Kier molecular flexibility index (Phi) is 2.60. The van der Waals surface area contributed by atoms with E-state index < -0.39 is 9.52 Å². The van der Waals surface area contributed by atoms with Crippen LogP contribution in [0.1, 0.15) is 12.8 Å². The summed E-state index contributed by atoms with van der Waals surface area (Å²) in [6.07, 6.45) is 2.10. The molecule has 1 aliphatic heterocycles. The second-order valence-corrected chi connectivity index (χ2v) is 6.32. The van der Waals surface area contributed by atoms with E-state index in [0.29, 0.717) is 6.04 Å². The third-order valence-electron chi connectivity index (χ3n) is 2.38. The van der Waals surface area contributed by atoms with E-state index in [4.69, 9.17) is 0 Å². The summed E-state index contributed by atoms with van der Waals surface area (Å²) in [5, 5.41) is 0. The van der Waals surface area contributed by atoms with Gasteiger partial charge in [0.25, 0.3) is 0 Å². The van der Waals surface area contributed by atoms with Crippen molar-refractivity contribution >= 4 is 15.4 Å². The molecule has 0 aliphatic carbocycles. The molecule has 1 aliphatic rings. The van der Waals surface area contributed by atoms with E-state index in [0.717, 1.165) is 24.3 Å². The number of hydrogen-bond acceptors (Lipinski definition) is 2. The molecule has 1 heterocycles. The molecule has 1 fully saturated rings. The molecule has 0 saturated carbocycles. The van der Waals surface area contributed by atoms with Crippen LogP contribution < -0.4 is 0 Å². The molecule has 0 bridgehead atoms. The van der Waals surface area contributed by atoms with Gasteiger partial charge in [0.05, 0.1) is 0 Å². The van der Waals surface area contributed by atoms with Gasteiger partial charge in [0, 0.05) is 17.5 Å². The van der Waals surface area contributed by atoms with Gasteiger partial charge in [-0.05, 0) is 42.3 Å². The van der Waals surface area contributed by atoms with Crippen molar-refractivity contribution in [3.05, 3.63) is 0 Å². The minimum Gasteiger partial charge on any atom is -0.306 e. The molecular formula is C8H17NOS. The highest BCUT2D eigenvalue weighted by molar-refractivity contribution is 8.00. The Labute approximate surface area is 69.6 Å². The minimum absolute atomic E-state index is 0.631. The second-order valence-electron chi connectivity index (χ2n) is 3.57. The van der Waals surface area contributed by atoms with Crippen molar-refractivity contribution in [1.82, 2.24) is 4.90 Å². The highest BCUT2D eigenvalue weighted by Crippen LogP contribution is 2.15. The van der Waals surface area contributed by atoms with E-state index in [-0.39, 0.29) is 0 Å². The molecule has 0 amide bonds. The summed E-state index contributed by atoms with van der Waals surface area (Å²) in [6.45, 7) is 0. The van der Waals surface area contributed by atoms with Crippen LogP contribution in [0.25, 0.3) is 0 Å². The maximum atomic E-state index is 11.4. The van der Waals surface area contributed by atoms with Crippen molar-refractivity contribution in [3.63, 3.8) is 0 Å². The summed E-state index contributed by atoms with van der Waals surface area (Å²) >= 11 is 0. The van der Waals surface area contributed by atoms with Crippen molar-refractivity contribution < 1.29 is 4.21 Å². The van der Waals surface area contributed by atoms with Gasteiger partial charge >= 0.3 is 0 Å². The lowest BCUT2D eigenvalue weighted by molar-refractivity contribution is 0.276. The van der Waals surface area contributed by atoms with E-state index >= 15 is 0 Å². The average molecular weight is 175 g/mol. The smallest absolute Gasteiger partial charge is 0.0173 e. The van der Waals surface area contributed by atoms with Crippen molar-refractivity contribution in [2.24, 2.45) is 0 Å². The van der Waals surface area contributed by atoms with E-state index in [1.165, 1.54) is 0 Å². The van der Waals surface area contributed by atoms with Crippen molar-refractivity contribution in [2.45, 2.75) is 18.9 Å². The summed E-state index contributed by atoms with van der Waals surface area (Å²) in [5.41, 5.74) is 0. The normalized spacial score (nSPS) is 39.4. The van der Waals surface area contributed by atoms with Gasteiger partial charge < -0.3 is 4.90 Å². The monoisotopic (exact) mass is 175 g/mol. The molecule has 66 valence electrons. The molecule has 0 unspecified atom stereocenters. The van der Waals surface area contributed by atoms with Gasteiger partial charge in [-0.25, -0.2) is 0 Å². The molecule has 3 heteroatoms. The first-order chi connectivity index (χ1) is 5.01. The molecule has 0 aromatic carbocycles. The maximum Gasteiger partial charge on any atom is 0.0173 e. The van der Waals surface area contributed by atoms with Crippen LogP contribution in [0, 0.1) is 0 Å². The minimum atomic E-state index is -1.68. The molecular weight excluding hydrogens is 158 g/mol. The Hall–Kier alpha value is -0.0200. The van der Waals surface area contributed by atoms with Crippen LogP contribution in [0.15, 0.2) is 0 Å². The highest BCUT2D eigenvalue weighted by Gasteiger charge is 2.20. The molecule has 0 atom stereocenters. The molecule has 1 rings (SSSR count). The summed E-state index contributed by atoms with van der Waals surface area (Å²) in [6, 6.07) is 0.631. The van der Waals surface area contributed by atoms with Crippen LogP contribution in [0.3, 0.4) is 0 Å². The Morgan fingerprint density at radius 1 is 1.36 bits per heavy atom. The lowest BCUT2D eigenvalue weighted by Gasteiger charge is -2.29. The number of hydrogen-bond donors (Lipinski definition) is 0. The van der Waals surface area contributed by atoms with Crippen LogP contribution in [-0.4, -0.2) is 46.6 Å². The fourth-order valence-electron chi connectivity index (χ4n) is 1.46. The molecule has 0 N–H and O–H groups in total. The van der Waals surface area contributed by atoms with Gasteiger partial charge in [-0.1, -0.05) is 0 Å². The van der Waals surface area contributed by atoms with Gasteiger partial charge in [0.1, 0.15) is 0 Å². The summed E-state index contributed by atoms with van der Waals surface area (Å²) in [7, 11) is 2.49. The zero-order valence-electron chi connectivity index (χ0n) is 7.38. The maximum absolute atomic E-state index is 11.4. The lowest BCUT2D eigenvalue weighted by atomic mass is 10.1. The molecule has 0 radical (unpaired) electrons. The lowest BCUT2D eigenvalue weighted by Crippen LogP contribution is -2.36. The second kappa shape index (κ2) is 3.15. The molecule has 0 spiro atoms. The Morgan fingerprint density at radius 3 is 2.18 bits per heavy atom. The zero-order chi connectivity index (χ0) is 8.48. The number of rotatable bonds is 1. The first-order valence-electron chi connectivity index (χ1n) is 4.00. The van der Waals surface area contributed by atoms with E-state index in [2.05, 4.69) is 24.9 Å². The third-order valence-corrected chi connectivity index (χ3v) is 4.34. The fourth-order valence-corrected chi connectivity index (χ4v) is 3.07. The zero-order valence-corrected chi connectivity index (χ0v) is 8.19. The molecule has 1 saturated heterocycles. The molecule has 2 nitrogen and oxygen atoms in total. The Balaban J connectivity index is 2.49. The quantitative estimate of drug-likeness (QED) is 0.539. The first kappa shape index (κ1) is 9.07.